The first-order chi connectivity index (χ1) is 13.4. The van der Waals surface area contributed by atoms with Gasteiger partial charge in [0.15, 0.2) is 0 Å². The quantitative estimate of drug-likeness (QED) is 0.713. The Bertz CT molecular complexity index is 889. The molecule has 2 aromatic carbocycles. The molecule has 1 heterocycles. The fourth-order valence-corrected chi connectivity index (χ4v) is 5.02. The van der Waals surface area contributed by atoms with Gasteiger partial charge in [-0.3, -0.25) is 4.79 Å². The summed E-state index contributed by atoms with van der Waals surface area (Å²) in [5.74, 6) is 0.0742. The van der Waals surface area contributed by atoms with Crippen LogP contribution < -0.4 is 0 Å². The lowest BCUT2D eigenvalue weighted by Gasteiger charge is -2.25. The minimum Gasteiger partial charge on any atom is -0.339 e. The number of nitrogens with zero attached hydrogens (tertiary/aromatic N) is 2. The van der Waals surface area contributed by atoms with Gasteiger partial charge in [-0.25, -0.2) is 8.42 Å². The van der Waals surface area contributed by atoms with Gasteiger partial charge in [-0.2, -0.15) is 4.31 Å². The molecule has 0 bridgehead atoms. The van der Waals surface area contributed by atoms with Crippen molar-refractivity contribution in [2.24, 2.45) is 0 Å². The van der Waals surface area contributed by atoms with Crippen LogP contribution in [0.1, 0.15) is 43.4 Å². The summed E-state index contributed by atoms with van der Waals surface area (Å²) in [6.07, 6.45) is 2.84. The molecule has 0 radical (unpaired) electrons. The number of rotatable bonds is 7. The van der Waals surface area contributed by atoms with E-state index in [9.17, 15) is 13.2 Å². The van der Waals surface area contributed by atoms with E-state index in [-0.39, 0.29) is 11.9 Å². The summed E-state index contributed by atoms with van der Waals surface area (Å²) in [6, 6.07) is 16.9. The van der Waals surface area contributed by atoms with E-state index >= 15 is 0 Å². The van der Waals surface area contributed by atoms with Gasteiger partial charge < -0.3 is 4.90 Å². The third-order valence-electron chi connectivity index (χ3n) is 5.51. The molecule has 1 aliphatic heterocycles. The van der Waals surface area contributed by atoms with Crippen LogP contribution in [-0.4, -0.2) is 43.7 Å². The second-order valence-electron chi connectivity index (χ2n) is 7.35. The summed E-state index contributed by atoms with van der Waals surface area (Å²) in [6.45, 7) is 3.22. The number of hydrogen-bond acceptors (Lipinski definition) is 3. The van der Waals surface area contributed by atoms with Crippen LogP contribution >= 0.6 is 0 Å². The molecule has 1 amide bonds. The van der Waals surface area contributed by atoms with Crippen molar-refractivity contribution in [1.29, 1.82) is 0 Å². The number of benzene rings is 2. The molecule has 5 nitrogen and oxygen atoms in total. The van der Waals surface area contributed by atoms with Crippen LogP contribution in [0.15, 0.2) is 59.5 Å². The number of aryl methyl sites for hydroxylation is 1. The predicted molar refractivity (Wildman–Crippen MR) is 110 cm³/mol. The number of hydrogen-bond donors (Lipinski definition) is 0. The number of carbonyl (C=O) groups is 1. The lowest BCUT2D eigenvalue weighted by Crippen LogP contribution is -2.29. The van der Waals surface area contributed by atoms with E-state index in [4.69, 9.17) is 0 Å². The Balaban J connectivity index is 1.58. The zero-order valence-electron chi connectivity index (χ0n) is 16.5. The third-order valence-corrected chi connectivity index (χ3v) is 7.42. The monoisotopic (exact) mass is 400 g/mol. The van der Waals surface area contributed by atoms with Crippen LogP contribution in [0, 0.1) is 0 Å². The van der Waals surface area contributed by atoms with Gasteiger partial charge in [0.25, 0.3) is 0 Å². The molecule has 150 valence electrons. The van der Waals surface area contributed by atoms with Gasteiger partial charge in [0.2, 0.25) is 15.9 Å². The minimum absolute atomic E-state index is 0.0154. The summed E-state index contributed by atoms with van der Waals surface area (Å²) >= 11 is 0. The molecule has 0 spiro atoms. The fraction of sp³-hybridized carbons (Fsp3) is 0.409. The minimum atomic E-state index is -3.38. The van der Waals surface area contributed by atoms with Gasteiger partial charge in [-0.15, -0.1) is 0 Å². The van der Waals surface area contributed by atoms with Gasteiger partial charge in [-0.05, 0) is 49.4 Å². The molecule has 1 saturated heterocycles. The largest absolute Gasteiger partial charge is 0.339 e. The predicted octanol–water partition coefficient (Wildman–Crippen LogP) is 3.62. The highest BCUT2D eigenvalue weighted by Crippen LogP contribution is 2.22. The normalized spacial score (nSPS) is 16.1. The second-order valence-corrected chi connectivity index (χ2v) is 9.28. The van der Waals surface area contributed by atoms with E-state index in [1.54, 1.807) is 21.3 Å². The molecule has 1 aliphatic rings. The van der Waals surface area contributed by atoms with Crippen molar-refractivity contribution >= 4 is 15.9 Å². The highest BCUT2D eigenvalue weighted by Gasteiger charge is 2.27. The standard InChI is InChI=1S/C22H28N2O3S/c1-18(20-8-4-3-5-9-20)23(2)22(25)15-12-19-10-13-21(14-11-19)28(26,27)24-16-6-7-17-24/h3-5,8-11,13-14,18H,6-7,12,15-17H2,1-2H3/t18-/m0/s1. The van der Waals surface area contributed by atoms with Crippen molar-refractivity contribution in [3.05, 3.63) is 65.7 Å². The average molecular weight is 401 g/mol. The Hall–Kier alpha value is -2.18. The van der Waals surface area contributed by atoms with Gasteiger partial charge in [-0.1, -0.05) is 42.5 Å². The van der Waals surface area contributed by atoms with Crippen LogP contribution in [0.2, 0.25) is 0 Å². The van der Waals surface area contributed by atoms with Crippen molar-refractivity contribution in [3.63, 3.8) is 0 Å². The highest BCUT2D eigenvalue weighted by molar-refractivity contribution is 7.89. The van der Waals surface area contributed by atoms with Gasteiger partial charge >= 0.3 is 0 Å². The molecule has 0 unspecified atom stereocenters. The fourth-order valence-electron chi connectivity index (χ4n) is 3.50. The first-order valence-electron chi connectivity index (χ1n) is 9.79. The summed E-state index contributed by atoms with van der Waals surface area (Å²) in [7, 11) is -1.56. The lowest BCUT2D eigenvalue weighted by molar-refractivity contribution is -0.131. The average Bonchev–Trinajstić information content (AvgIpc) is 3.27. The smallest absolute Gasteiger partial charge is 0.243 e. The number of carbonyl (C=O) groups excluding carboxylic acids is 1. The molecule has 28 heavy (non-hydrogen) atoms. The molecule has 0 N–H and O–H groups in total. The Kier molecular flexibility index (Phi) is 6.52. The molecule has 6 heteroatoms. The maximum Gasteiger partial charge on any atom is 0.243 e. The SMILES string of the molecule is C[C@@H](c1ccccc1)N(C)C(=O)CCc1ccc(S(=O)(=O)N2CCCC2)cc1. The third kappa shape index (κ3) is 4.62. The van der Waals surface area contributed by atoms with Crippen molar-refractivity contribution in [2.45, 2.75) is 43.5 Å². The Morgan fingerprint density at radius 3 is 2.25 bits per heavy atom. The molecule has 0 saturated carbocycles. The van der Waals surface area contributed by atoms with Crippen LogP contribution in [0.4, 0.5) is 0 Å². The maximum atomic E-state index is 12.6. The van der Waals surface area contributed by atoms with E-state index in [0.29, 0.717) is 30.8 Å². The van der Waals surface area contributed by atoms with E-state index in [0.717, 1.165) is 24.0 Å². The maximum absolute atomic E-state index is 12.6. The van der Waals surface area contributed by atoms with Crippen LogP contribution in [-0.2, 0) is 21.2 Å². The molecule has 1 fully saturated rings. The molecule has 1 atom stereocenters. The van der Waals surface area contributed by atoms with Crippen LogP contribution in [0.25, 0.3) is 0 Å². The molecule has 0 aliphatic carbocycles. The van der Waals surface area contributed by atoms with E-state index < -0.39 is 10.0 Å². The lowest BCUT2D eigenvalue weighted by atomic mass is 10.1. The van der Waals surface area contributed by atoms with Crippen LogP contribution in [0.5, 0.6) is 0 Å². The van der Waals surface area contributed by atoms with Crippen molar-refractivity contribution in [1.82, 2.24) is 9.21 Å². The molecular formula is C22H28N2O3S. The first-order valence-corrected chi connectivity index (χ1v) is 11.2. The van der Waals surface area contributed by atoms with Gasteiger partial charge in [0.1, 0.15) is 0 Å². The summed E-state index contributed by atoms with van der Waals surface area (Å²) in [5, 5.41) is 0. The van der Waals surface area contributed by atoms with Crippen molar-refractivity contribution < 1.29 is 13.2 Å². The van der Waals surface area contributed by atoms with Gasteiger partial charge in [0, 0.05) is 26.6 Å². The molecule has 2 aromatic rings. The number of amides is 1. The zero-order chi connectivity index (χ0) is 20.1. The Morgan fingerprint density at radius 2 is 1.64 bits per heavy atom. The van der Waals surface area contributed by atoms with Crippen molar-refractivity contribution in [2.75, 3.05) is 20.1 Å². The second kappa shape index (κ2) is 8.88. The summed E-state index contributed by atoms with van der Waals surface area (Å²) in [5.41, 5.74) is 2.07. The van der Waals surface area contributed by atoms with E-state index in [1.165, 1.54) is 0 Å². The Labute approximate surface area is 168 Å². The summed E-state index contributed by atoms with van der Waals surface area (Å²) in [4.78, 5) is 14.7. The van der Waals surface area contributed by atoms with Crippen LogP contribution in [0.3, 0.4) is 0 Å². The topological polar surface area (TPSA) is 57.7 Å². The summed E-state index contributed by atoms with van der Waals surface area (Å²) < 4.78 is 26.7. The Morgan fingerprint density at radius 1 is 1.04 bits per heavy atom. The van der Waals surface area contributed by atoms with Gasteiger partial charge in [0.05, 0.1) is 10.9 Å². The molecular weight excluding hydrogens is 372 g/mol. The van der Waals surface area contributed by atoms with Crippen molar-refractivity contribution in [3.8, 4) is 0 Å². The van der Waals surface area contributed by atoms with E-state index in [1.807, 2.05) is 56.4 Å². The zero-order valence-corrected chi connectivity index (χ0v) is 17.4. The molecule has 0 aromatic heterocycles. The van der Waals surface area contributed by atoms with E-state index in [2.05, 4.69) is 0 Å². The number of sulfonamides is 1. The molecule has 3 rings (SSSR count). The first kappa shape index (κ1) is 20.6. The highest BCUT2D eigenvalue weighted by atomic mass is 32.2.